The van der Waals surface area contributed by atoms with Gasteiger partial charge in [-0.1, -0.05) is 18.5 Å². The highest BCUT2D eigenvalue weighted by Crippen LogP contribution is 2.17. The summed E-state index contributed by atoms with van der Waals surface area (Å²) in [5, 5.41) is 3.23. The van der Waals surface area contributed by atoms with Gasteiger partial charge in [-0.3, -0.25) is 4.79 Å². The fourth-order valence-corrected chi connectivity index (χ4v) is 3.46. The Bertz CT molecular complexity index is 836. The van der Waals surface area contributed by atoms with E-state index < -0.39 is 10.0 Å². The number of carbonyl (C=O) groups excluding carboxylic acids is 1. The number of sulfonamides is 1. The number of halogens is 1. The van der Waals surface area contributed by atoms with Crippen LogP contribution in [0, 0.1) is 0 Å². The lowest BCUT2D eigenvalue weighted by molar-refractivity contribution is -0.118. The average Bonchev–Trinajstić information content (AvgIpc) is 2.61. The minimum absolute atomic E-state index is 0.146. The molecule has 0 aromatic heterocycles. The summed E-state index contributed by atoms with van der Waals surface area (Å²) in [6.45, 7) is 3.53. The van der Waals surface area contributed by atoms with E-state index in [2.05, 4.69) is 10.0 Å². The lowest BCUT2D eigenvalue weighted by Gasteiger charge is -2.12. The first-order valence-corrected chi connectivity index (χ1v) is 9.97. The Morgan fingerprint density at radius 2 is 1.73 bits per heavy atom. The van der Waals surface area contributed by atoms with Gasteiger partial charge in [-0.05, 0) is 61.9 Å². The summed E-state index contributed by atoms with van der Waals surface area (Å²) in [6, 6.07) is 12.5. The SMILES string of the molecule is CC[C@@H](C)NS(=O)(=O)c1ccc(NC(=O)COc2ccc(Cl)cc2)cc1. The second-order valence-corrected chi connectivity index (χ2v) is 7.90. The minimum Gasteiger partial charge on any atom is -0.484 e. The number of amides is 1. The molecule has 0 aliphatic carbocycles. The number of rotatable bonds is 8. The van der Waals surface area contributed by atoms with Gasteiger partial charge in [0, 0.05) is 16.8 Å². The van der Waals surface area contributed by atoms with Gasteiger partial charge in [0.05, 0.1) is 4.90 Å². The number of hydrogen-bond acceptors (Lipinski definition) is 4. The number of anilines is 1. The van der Waals surface area contributed by atoms with Crippen LogP contribution in [-0.4, -0.2) is 27.0 Å². The predicted octanol–water partition coefficient (Wildman–Crippen LogP) is 3.43. The van der Waals surface area contributed by atoms with Gasteiger partial charge in [0.15, 0.2) is 6.61 Å². The smallest absolute Gasteiger partial charge is 0.262 e. The van der Waals surface area contributed by atoms with Crippen LogP contribution in [0.3, 0.4) is 0 Å². The van der Waals surface area contributed by atoms with E-state index in [9.17, 15) is 13.2 Å². The lowest BCUT2D eigenvalue weighted by atomic mass is 10.3. The van der Waals surface area contributed by atoms with E-state index in [4.69, 9.17) is 16.3 Å². The Balaban J connectivity index is 1.91. The Labute approximate surface area is 158 Å². The number of benzene rings is 2. The highest BCUT2D eigenvalue weighted by molar-refractivity contribution is 7.89. The molecule has 26 heavy (non-hydrogen) atoms. The minimum atomic E-state index is -3.56. The highest BCUT2D eigenvalue weighted by atomic mass is 35.5. The van der Waals surface area contributed by atoms with Gasteiger partial charge < -0.3 is 10.1 Å². The van der Waals surface area contributed by atoms with Gasteiger partial charge in [0.25, 0.3) is 5.91 Å². The van der Waals surface area contributed by atoms with Crippen LogP contribution in [0.1, 0.15) is 20.3 Å². The molecule has 140 valence electrons. The van der Waals surface area contributed by atoms with Crippen LogP contribution in [0.4, 0.5) is 5.69 Å². The third kappa shape index (κ3) is 6.01. The largest absolute Gasteiger partial charge is 0.484 e. The van der Waals surface area contributed by atoms with Crippen LogP contribution in [0.2, 0.25) is 5.02 Å². The number of ether oxygens (including phenoxy) is 1. The molecule has 1 atom stereocenters. The van der Waals surface area contributed by atoms with Gasteiger partial charge in [-0.15, -0.1) is 0 Å². The van der Waals surface area contributed by atoms with Crippen molar-refractivity contribution in [2.45, 2.75) is 31.2 Å². The standard InChI is InChI=1S/C18H21ClN2O4S/c1-3-13(2)21-26(23,24)17-10-6-15(7-11-17)20-18(22)12-25-16-8-4-14(19)5-9-16/h4-11,13,21H,3,12H2,1-2H3,(H,20,22)/t13-/m1/s1. The third-order valence-corrected chi connectivity index (χ3v) is 5.46. The van der Waals surface area contributed by atoms with Crippen LogP contribution >= 0.6 is 11.6 Å². The van der Waals surface area contributed by atoms with E-state index in [0.29, 0.717) is 22.9 Å². The van der Waals surface area contributed by atoms with Crippen molar-refractivity contribution >= 4 is 33.2 Å². The molecule has 2 N–H and O–H groups in total. The summed E-state index contributed by atoms with van der Waals surface area (Å²) in [5.41, 5.74) is 0.484. The molecule has 0 heterocycles. The molecule has 0 radical (unpaired) electrons. The molecule has 0 aliphatic heterocycles. The van der Waals surface area contributed by atoms with Crippen molar-refractivity contribution in [1.29, 1.82) is 0 Å². The maximum atomic E-state index is 12.2. The molecule has 2 rings (SSSR count). The van der Waals surface area contributed by atoms with E-state index in [1.807, 2.05) is 6.92 Å². The lowest BCUT2D eigenvalue weighted by Crippen LogP contribution is -2.31. The van der Waals surface area contributed by atoms with Crippen LogP contribution in [0.15, 0.2) is 53.4 Å². The maximum absolute atomic E-state index is 12.2. The van der Waals surface area contributed by atoms with Crippen molar-refractivity contribution in [3.63, 3.8) is 0 Å². The molecule has 0 fully saturated rings. The zero-order chi connectivity index (χ0) is 19.2. The summed E-state index contributed by atoms with van der Waals surface area (Å²) < 4.78 is 32.3. The van der Waals surface area contributed by atoms with Crippen LogP contribution < -0.4 is 14.8 Å². The van der Waals surface area contributed by atoms with Gasteiger partial charge in [-0.2, -0.15) is 0 Å². The van der Waals surface area contributed by atoms with Gasteiger partial charge in [0.2, 0.25) is 10.0 Å². The Morgan fingerprint density at radius 3 is 2.31 bits per heavy atom. The topological polar surface area (TPSA) is 84.5 Å². The fraction of sp³-hybridized carbons (Fsp3) is 0.278. The first-order valence-electron chi connectivity index (χ1n) is 8.11. The van der Waals surface area contributed by atoms with E-state index >= 15 is 0 Å². The van der Waals surface area contributed by atoms with E-state index in [0.717, 1.165) is 0 Å². The second kappa shape index (κ2) is 9.02. The molecule has 2 aromatic rings. The maximum Gasteiger partial charge on any atom is 0.262 e. The fourth-order valence-electron chi connectivity index (χ4n) is 2.01. The molecule has 0 bridgehead atoms. The molecule has 0 unspecified atom stereocenters. The molecule has 0 saturated heterocycles. The van der Waals surface area contributed by atoms with E-state index in [-0.39, 0.29) is 23.5 Å². The second-order valence-electron chi connectivity index (χ2n) is 5.75. The van der Waals surface area contributed by atoms with E-state index in [1.165, 1.54) is 24.3 Å². The van der Waals surface area contributed by atoms with Crippen LogP contribution in [0.5, 0.6) is 5.75 Å². The normalized spacial score (nSPS) is 12.4. The third-order valence-electron chi connectivity index (χ3n) is 3.60. The van der Waals surface area contributed by atoms with Crippen molar-refractivity contribution in [3.05, 3.63) is 53.6 Å². The summed E-state index contributed by atoms with van der Waals surface area (Å²) in [4.78, 5) is 12.1. The summed E-state index contributed by atoms with van der Waals surface area (Å²) in [6.07, 6.45) is 0.695. The van der Waals surface area contributed by atoms with Crippen molar-refractivity contribution in [2.75, 3.05) is 11.9 Å². The molecule has 1 amide bonds. The Hall–Kier alpha value is -2.09. The molecular formula is C18H21ClN2O4S. The van der Waals surface area contributed by atoms with Crippen molar-refractivity contribution in [1.82, 2.24) is 4.72 Å². The average molecular weight is 397 g/mol. The van der Waals surface area contributed by atoms with Crippen molar-refractivity contribution < 1.29 is 17.9 Å². The number of carbonyl (C=O) groups is 1. The number of nitrogens with one attached hydrogen (secondary N) is 2. The molecule has 2 aromatic carbocycles. The Morgan fingerprint density at radius 1 is 1.12 bits per heavy atom. The van der Waals surface area contributed by atoms with Crippen LogP contribution in [-0.2, 0) is 14.8 Å². The molecule has 0 aliphatic rings. The van der Waals surface area contributed by atoms with Gasteiger partial charge >= 0.3 is 0 Å². The Kier molecular flexibility index (Phi) is 7.02. The van der Waals surface area contributed by atoms with Crippen molar-refractivity contribution in [2.24, 2.45) is 0 Å². The van der Waals surface area contributed by atoms with Gasteiger partial charge in [-0.25, -0.2) is 13.1 Å². The molecule has 6 nitrogen and oxygen atoms in total. The highest BCUT2D eigenvalue weighted by Gasteiger charge is 2.16. The molecule has 0 saturated carbocycles. The zero-order valence-corrected chi connectivity index (χ0v) is 16.1. The van der Waals surface area contributed by atoms with Crippen LogP contribution in [0.25, 0.3) is 0 Å². The first kappa shape index (κ1) is 20.2. The predicted molar refractivity (Wildman–Crippen MR) is 102 cm³/mol. The summed E-state index contributed by atoms with van der Waals surface area (Å²) >= 11 is 5.78. The summed E-state index contributed by atoms with van der Waals surface area (Å²) in [5.74, 6) is 0.176. The zero-order valence-electron chi connectivity index (χ0n) is 14.5. The van der Waals surface area contributed by atoms with Crippen molar-refractivity contribution in [3.8, 4) is 5.75 Å². The molecule has 0 spiro atoms. The first-order chi connectivity index (χ1) is 12.3. The van der Waals surface area contributed by atoms with Gasteiger partial charge in [0.1, 0.15) is 5.75 Å². The quantitative estimate of drug-likeness (QED) is 0.715. The molecule has 8 heteroatoms. The monoisotopic (exact) mass is 396 g/mol. The van der Waals surface area contributed by atoms with E-state index in [1.54, 1.807) is 31.2 Å². The molecular weight excluding hydrogens is 376 g/mol. The number of hydrogen-bond donors (Lipinski definition) is 2. The summed E-state index contributed by atoms with van der Waals surface area (Å²) in [7, 11) is -3.56.